The molecule has 1 aliphatic rings. The topological polar surface area (TPSA) is 30.5 Å². The van der Waals surface area contributed by atoms with Gasteiger partial charge in [-0.05, 0) is 31.5 Å². The first-order valence-corrected chi connectivity index (χ1v) is 5.61. The molecule has 0 spiro atoms. The van der Waals surface area contributed by atoms with Crippen molar-refractivity contribution in [3.05, 3.63) is 29.8 Å². The molecule has 96 valence electrons. The van der Waals surface area contributed by atoms with Gasteiger partial charge in [0.1, 0.15) is 12.0 Å². The molecule has 1 heterocycles. The van der Waals surface area contributed by atoms with Crippen molar-refractivity contribution >= 4 is 12.4 Å². The predicted molar refractivity (Wildman–Crippen MR) is 70.9 cm³/mol. The van der Waals surface area contributed by atoms with E-state index in [1.165, 1.54) is 5.56 Å². The van der Waals surface area contributed by atoms with Crippen LogP contribution in [-0.4, -0.2) is 25.5 Å². The molecular weight excluding hydrogens is 238 g/mol. The summed E-state index contributed by atoms with van der Waals surface area (Å²) in [6.45, 7) is 5.07. The normalized spacial score (nSPS) is 21.9. The van der Waals surface area contributed by atoms with Crippen LogP contribution < -0.4 is 10.1 Å². The second kappa shape index (κ2) is 5.71. The second-order valence-corrected chi connectivity index (χ2v) is 4.88. The van der Waals surface area contributed by atoms with Gasteiger partial charge in [0, 0.05) is 12.0 Å². The van der Waals surface area contributed by atoms with Crippen LogP contribution in [0.1, 0.15) is 19.4 Å². The van der Waals surface area contributed by atoms with Crippen molar-refractivity contribution in [2.24, 2.45) is 0 Å². The Kier molecular flexibility index (Phi) is 4.80. The van der Waals surface area contributed by atoms with Crippen LogP contribution >= 0.6 is 12.4 Å². The standard InChI is InChI=1S/C13H19NO2.ClH/c1-13(2)9-16-12(14-13)8-10-5-4-6-11(7-10)15-3;/h4-7,12,14H,8-9H2,1-3H3;1H. The molecular formula is C13H20ClNO2. The summed E-state index contributed by atoms with van der Waals surface area (Å²) in [5.41, 5.74) is 1.32. The molecule has 1 N–H and O–H groups in total. The molecule has 1 unspecified atom stereocenters. The summed E-state index contributed by atoms with van der Waals surface area (Å²) in [7, 11) is 1.69. The molecule has 0 aromatic heterocycles. The van der Waals surface area contributed by atoms with E-state index in [9.17, 15) is 0 Å². The van der Waals surface area contributed by atoms with Crippen molar-refractivity contribution in [2.45, 2.75) is 32.0 Å². The molecule has 0 bridgehead atoms. The molecule has 0 aliphatic carbocycles. The van der Waals surface area contributed by atoms with Crippen LogP contribution in [0.5, 0.6) is 5.75 Å². The molecule has 1 fully saturated rings. The fourth-order valence-corrected chi connectivity index (χ4v) is 1.95. The Hall–Kier alpha value is -0.770. The van der Waals surface area contributed by atoms with Gasteiger partial charge in [0.2, 0.25) is 0 Å². The minimum atomic E-state index is 0. The minimum absolute atomic E-state index is 0. The Bertz CT molecular complexity index is 368. The van der Waals surface area contributed by atoms with Crippen molar-refractivity contribution in [3.8, 4) is 5.75 Å². The van der Waals surface area contributed by atoms with E-state index < -0.39 is 0 Å². The quantitative estimate of drug-likeness (QED) is 0.902. The fraction of sp³-hybridized carbons (Fsp3) is 0.538. The van der Waals surface area contributed by atoms with E-state index in [4.69, 9.17) is 9.47 Å². The van der Waals surface area contributed by atoms with Gasteiger partial charge in [-0.25, -0.2) is 0 Å². The van der Waals surface area contributed by atoms with E-state index in [1.807, 2.05) is 12.1 Å². The van der Waals surface area contributed by atoms with E-state index in [2.05, 4.69) is 31.3 Å². The van der Waals surface area contributed by atoms with Gasteiger partial charge < -0.3 is 9.47 Å². The lowest BCUT2D eigenvalue weighted by molar-refractivity contribution is 0.0987. The largest absolute Gasteiger partial charge is 0.497 e. The first-order valence-electron chi connectivity index (χ1n) is 5.61. The lowest BCUT2D eigenvalue weighted by atomic mass is 10.1. The van der Waals surface area contributed by atoms with Crippen molar-refractivity contribution in [1.82, 2.24) is 5.32 Å². The summed E-state index contributed by atoms with van der Waals surface area (Å²) in [6, 6.07) is 8.11. The lowest BCUT2D eigenvalue weighted by Gasteiger charge is -2.17. The third-order valence-corrected chi connectivity index (χ3v) is 2.75. The molecule has 1 aromatic rings. The highest BCUT2D eigenvalue weighted by atomic mass is 35.5. The Morgan fingerprint density at radius 1 is 1.47 bits per heavy atom. The maximum atomic E-state index is 5.69. The summed E-state index contributed by atoms with van der Waals surface area (Å²) >= 11 is 0. The van der Waals surface area contributed by atoms with Crippen LogP contribution in [0.25, 0.3) is 0 Å². The van der Waals surface area contributed by atoms with Crippen molar-refractivity contribution in [1.29, 1.82) is 0 Å². The maximum Gasteiger partial charge on any atom is 0.119 e. The van der Waals surface area contributed by atoms with Crippen LogP contribution in [0.4, 0.5) is 0 Å². The zero-order valence-electron chi connectivity index (χ0n) is 10.5. The van der Waals surface area contributed by atoms with Gasteiger partial charge in [0.25, 0.3) is 0 Å². The zero-order valence-corrected chi connectivity index (χ0v) is 11.3. The van der Waals surface area contributed by atoms with Crippen LogP contribution in [0, 0.1) is 0 Å². The first-order chi connectivity index (χ1) is 7.59. The smallest absolute Gasteiger partial charge is 0.119 e. The van der Waals surface area contributed by atoms with Gasteiger partial charge >= 0.3 is 0 Å². The van der Waals surface area contributed by atoms with Crippen molar-refractivity contribution < 1.29 is 9.47 Å². The molecule has 1 saturated heterocycles. The Balaban J connectivity index is 0.00000144. The average Bonchev–Trinajstić information content (AvgIpc) is 2.58. The highest BCUT2D eigenvalue weighted by Gasteiger charge is 2.30. The number of rotatable bonds is 3. The highest BCUT2D eigenvalue weighted by Crippen LogP contribution is 2.19. The number of ether oxygens (including phenoxy) is 2. The van der Waals surface area contributed by atoms with E-state index >= 15 is 0 Å². The van der Waals surface area contributed by atoms with Crippen molar-refractivity contribution in [2.75, 3.05) is 13.7 Å². The third kappa shape index (κ3) is 3.87. The summed E-state index contributed by atoms with van der Waals surface area (Å²) in [5, 5.41) is 3.45. The fourth-order valence-electron chi connectivity index (χ4n) is 1.95. The first kappa shape index (κ1) is 14.3. The monoisotopic (exact) mass is 257 g/mol. The Labute approximate surface area is 109 Å². The number of hydrogen-bond donors (Lipinski definition) is 1. The molecule has 0 saturated carbocycles. The van der Waals surface area contributed by atoms with Gasteiger partial charge in [0.15, 0.2) is 0 Å². The molecule has 0 radical (unpaired) electrons. The summed E-state index contributed by atoms with van der Waals surface area (Å²) in [4.78, 5) is 0. The van der Waals surface area contributed by atoms with E-state index in [0.717, 1.165) is 18.8 Å². The summed E-state index contributed by atoms with van der Waals surface area (Å²) in [5.74, 6) is 0.898. The molecule has 1 aromatic carbocycles. The van der Waals surface area contributed by atoms with Gasteiger partial charge in [-0.3, -0.25) is 5.32 Å². The third-order valence-electron chi connectivity index (χ3n) is 2.75. The maximum absolute atomic E-state index is 5.69. The molecule has 1 atom stereocenters. The number of benzene rings is 1. The Morgan fingerprint density at radius 3 is 2.82 bits per heavy atom. The van der Waals surface area contributed by atoms with Gasteiger partial charge in [-0.2, -0.15) is 0 Å². The van der Waals surface area contributed by atoms with Crippen molar-refractivity contribution in [3.63, 3.8) is 0 Å². The van der Waals surface area contributed by atoms with Crippen LogP contribution in [-0.2, 0) is 11.2 Å². The number of nitrogens with one attached hydrogen (secondary N) is 1. The molecule has 17 heavy (non-hydrogen) atoms. The highest BCUT2D eigenvalue weighted by molar-refractivity contribution is 5.85. The summed E-state index contributed by atoms with van der Waals surface area (Å²) < 4.78 is 10.9. The molecule has 3 nitrogen and oxygen atoms in total. The number of halogens is 1. The van der Waals surface area contributed by atoms with Crippen LogP contribution in [0.3, 0.4) is 0 Å². The number of methoxy groups -OCH3 is 1. The van der Waals surface area contributed by atoms with Crippen LogP contribution in [0.2, 0.25) is 0 Å². The molecule has 0 amide bonds. The number of hydrogen-bond acceptors (Lipinski definition) is 3. The van der Waals surface area contributed by atoms with Gasteiger partial charge in [-0.1, -0.05) is 12.1 Å². The molecule has 1 aliphatic heterocycles. The van der Waals surface area contributed by atoms with Gasteiger partial charge in [-0.15, -0.1) is 12.4 Å². The average molecular weight is 258 g/mol. The van der Waals surface area contributed by atoms with Gasteiger partial charge in [0.05, 0.1) is 13.7 Å². The summed E-state index contributed by atoms with van der Waals surface area (Å²) in [6.07, 6.45) is 0.989. The van der Waals surface area contributed by atoms with E-state index in [-0.39, 0.29) is 24.2 Å². The lowest BCUT2D eigenvalue weighted by Crippen LogP contribution is -2.39. The van der Waals surface area contributed by atoms with Crippen LogP contribution in [0.15, 0.2) is 24.3 Å². The SMILES string of the molecule is COc1cccc(CC2NC(C)(C)CO2)c1.Cl. The molecule has 4 heteroatoms. The zero-order chi connectivity index (χ0) is 11.6. The minimum Gasteiger partial charge on any atom is -0.497 e. The predicted octanol–water partition coefficient (Wildman–Crippen LogP) is 2.38. The second-order valence-electron chi connectivity index (χ2n) is 4.88. The van der Waals surface area contributed by atoms with E-state index in [0.29, 0.717) is 0 Å². The molecule has 2 rings (SSSR count). The Morgan fingerprint density at radius 2 is 2.24 bits per heavy atom. The van der Waals surface area contributed by atoms with E-state index in [1.54, 1.807) is 7.11 Å².